The SMILES string of the molecule is NCC#Cc1ccc2cc(OCC3CCCO3)ccc2c1. The van der Waals surface area contributed by atoms with Crippen LogP contribution in [0.1, 0.15) is 18.4 Å². The highest BCUT2D eigenvalue weighted by Gasteiger charge is 2.15. The Kier molecular flexibility index (Phi) is 4.40. The summed E-state index contributed by atoms with van der Waals surface area (Å²) in [5.74, 6) is 6.81. The molecule has 0 aliphatic carbocycles. The van der Waals surface area contributed by atoms with Crippen molar-refractivity contribution in [2.75, 3.05) is 19.8 Å². The zero-order chi connectivity index (χ0) is 14.5. The molecular weight excluding hydrogens is 262 g/mol. The van der Waals surface area contributed by atoms with Gasteiger partial charge in [0.15, 0.2) is 0 Å². The van der Waals surface area contributed by atoms with Crippen LogP contribution in [0, 0.1) is 11.8 Å². The molecule has 1 heterocycles. The molecule has 108 valence electrons. The average molecular weight is 281 g/mol. The fourth-order valence-corrected chi connectivity index (χ4v) is 2.51. The molecular formula is C18H19NO2. The van der Waals surface area contributed by atoms with Crippen molar-refractivity contribution in [2.45, 2.75) is 18.9 Å². The summed E-state index contributed by atoms with van der Waals surface area (Å²) in [6.07, 6.45) is 2.48. The van der Waals surface area contributed by atoms with E-state index in [0.717, 1.165) is 41.5 Å². The first-order valence-corrected chi connectivity index (χ1v) is 7.32. The van der Waals surface area contributed by atoms with Crippen molar-refractivity contribution in [3.05, 3.63) is 42.0 Å². The van der Waals surface area contributed by atoms with E-state index in [9.17, 15) is 0 Å². The van der Waals surface area contributed by atoms with Gasteiger partial charge in [-0.3, -0.25) is 0 Å². The maximum Gasteiger partial charge on any atom is 0.120 e. The molecule has 0 spiro atoms. The smallest absolute Gasteiger partial charge is 0.120 e. The summed E-state index contributed by atoms with van der Waals surface area (Å²) >= 11 is 0. The fourth-order valence-electron chi connectivity index (χ4n) is 2.51. The lowest BCUT2D eigenvalue weighted by molar-refractivity contribution is 0.0680. The van der Waals surface area contributed by atoms with Gasteiger partial charge in [-0.2, -0.15) is 0 Å². The molecule has 0 bridgehead atoms. The Bertz CT molecular complexity index is 678. The van der Waals surface area contributed by atoms with E-state index in [0.29, 0.717) is 13.2 Å². The number of hydrogen-bond donors (Lipinski definition) is 1. The maximum absolute atomic E-state index is 5.82. The second-order valence-electron chi connectivity index (χ2n) is 5.18. The van der Waals surface area contributed by atoms with Crippen molar-refractivity contribution >= 4 is 10.8 Å². The van der Waals surface area contributed by atoms with Crippen molar-refractivity contribution < 1.29 is 9.47 Å². The molecule has 3 heteroatoms. The molecule has 1 atom stereocenters. The third-order valence-corrected chi connectivity index (χ3v) is 3.61. The number of rotatable bonds is 3. The molecule has 1 aliphatic rings. The highest BCUT2D eigenvalue weighted by molar-refractivity contribution is 5.85. The van der Waals surface area contributed by atoms with Gasteiger partial charge >= 0.3 is 0 Å². The predicted octanol–water partition coefficient (Wildman–Crippen LogP) is 2.71. The van der Waals surface area contributed by atoms with Crippen molar-refractivity contribution in [3.8, 4) is 17.6 Å². The van der Waals surface area contributed by atoms with Crippen LogP contribution in [0.15, 0.2) is 36.4 Å². The molecule has 2 aromatic carbocycles. The number of hydrogen-bond acceptors (Lipinski definition) is 3. The lowest BCUT2D eigenvalue weighted by Crippen LogP contribution is -2.16. The van der Waals surface area contributed by atoms with Gasteiger partial charge in [-0.05, 0) is 47.9 Å². The minimum absolute atomic E-state index is 0.245. The van der Waals surface area contributed by atoms with Crippen LogP contribution in [0.5, 0.6) is 5.75 Å². The van der Waals surface area contributed by atoms with Gasteiger partial charge in [0, 0.05) is 12.2 Å². The van der Waals surface area contributed by atoms with E-state index in [-0.39, 0.29) is 6.10 Å². The molecule has 2 aromatic rings. The molecule has 0 saturated carbocycles. The standard InChI is InChI=1S/C18H19NO2/c19-9-1-3-14-5-6-16-12-17(8-7-15(16)11-14)21-13-18-4-2-10-20-18/h5-8,11-12,18H,2,4,9-10,13,19H2. The van der Waals surface area contributed by atoms with Crippen molar-refractivity contribution in [1.29, 1.82) is 0 Å². The molecule has 3 rings (SSSR count). The highest BCUT2D eigenvalue weighted by atomic mass is 16.5. The lowest BCUT2D eigenvalue weighted by Gasteiger charge is -2.12. The largest absolute Gasteiger partial charge is 0.491 e. The van der Waals surface area contributed by atoms with E-state index in [1.165, 1.54) is 0 Å². The summed E-state index contributed by atoms with van der Waals surface area (Å²) in [6, 6.07) is 12.3. The van der Waals surface area contributed by atoms with E-state index >= 15 is 0 Å². The minimum atomic E-state index is 0.245. The van der Waals surface area contributed by atoms with Gasteiger partial charge in [-0.15, -0.1) is 0 Å². The second-order valence-corrected chi connectivity index (χ2v) is 5.18. The summed E-state index contributed by atoms with van der Waals surface area (Å²) in [6.45, 7) is 1.87. The lowest BCUT2D eigenvalue weighted by atomic mass is 10.1. The zero-order valence-electron chi connectivity index (χ0n) is 12.0. The molecule has 3 nitrogen and oxygen atoms in total. The van der Waals surface area contributed by atoms with Crippen LogP contribution >= 0.6 is 0 Å². The van der Waals surface area contributed by atoms with Gasteiger partial charge in [0.2, 0.25) is 0 Å². The van der Waals surface area contributed by atoms with Crippen LogP contribution in [0.2, 0.25) is 0 Å². The molecule has 0 radical (unpaired) electrons. The predicted molar refractivity (Wildman–Crippen MR) is 84.3 cm³/mol. The van der Waals surface area contributed by atoms with Crippen molar-refractivity contribution in [2.24, 2.45) is 5.73 Å². The molecule has 1 unspecified atom stereocenters. The van der Waals surface area contributed by atoms with E-state index < -0.39 is 0 Å². The third kappa shape index (κ3) is 3.55. The van der Waals surface area contributed by atoms with Crippen LogP contribution < -0.4 is 10.5 Å². The Morgan fingerprint density at radius 3 is 2.86 bits per heavy atom. The summed E-state index contributed by atoms with van der Waals surface area (Å²) in [5.41, 5.74) is 6.38. The number of fused-ring (bicyclic) bond motifs is 1. The van der Waals surface area contributed by atoms with Crippen molar-refractivity contribution in [1.82, 2.24) is 0 Å². The summed E-state index contributed by atoms with van der Waals surface area (Å²) in [5, 5.41) is 2.31. The van der Waals surface area contributed by atoms with E-state index in [2.05, 4.69) is 36.1 Å². The van der Waals surface area contributed by atoms with Crippen LogP contribution in [0.4, 0.5) is 0 Å². The third-order valence-electron chi connectivity index (χ3n) is 3.61. The average Bonchev–Trinajstić information content (AvgIpc) is 3.04. The summed E-state index contributed by atoms with van der Waals surface area (Å²) in [7, 11) is 0. The Balaban J connectivity index is 1.73. The quantitative estimate of drug-likeness (QED) is 0.880. The van der Waals surface area contributed by atoms with Crippen LogP contribution in [0.25, 0.3) is 10.8 Å². The molecule has 2 N–H and O–H groups in total. The first-order chi connectivity index (χ1) is 10.3. The second kappa shape index (κ2) is 6.62. The highest BCUT2D eigenvalue weighted by Crippen LogP contribution is 2.23. The monoisotopic (exact) mass is 281 g/mol. The van der Waals surface area contributed by atoms with Crippen molar-refractivity contribution in [3.63, 3.8) is 0 Å². The number of benzene rings is 2. The number of nitrogens with two attached hydrogens (primary N) is 1. The Morgan fingerprint density at radius 1 is 1.19 bits per heavy atom. The summed E-state index contributed by atoms with van der Waals surface area (Å²) in [4.78, 5) is 0. The van der Waals surface area contributed by atoms with E-state index in [1.54, 1.807) is 0 Å². The molecule has 1 saturated heterocycles. The van der Waals surface area contributed by atoms with Crippen LogP contribution in [-0.4, -0.2) is 25.9 Å². The normalized spacial score (nSPS) is 17.5. The minimum Gasteiger partial charge on any atom is -0.491 e. The number of ether oxygens (including phenoxy) is 2. The zero-order valence-corrected chi connectivity index (χ0v) is 12.0. The Hall–Kier alpha value is -2.02. The molecule has 21 heavy (non-hydrogen) atoms. The Labute approximate surface area is 125 Å². The Morgan fingerprint density at radius 2 is 2.05 bits per heavy atom. The van der Waals surface area contributed by atoms with Gasteiger partial charge in [0.05, 0.1) is 12.6 Å². The first-order valence-electron chi connectivity index (χ1n) is 7.32. The van der Waals surface area contributed by atoms with Gasteiger partial charge in [0.1, 0.15) is 12.4 Å². The fraction of sp³-hybridized carbons (Fsp3) is 0.333. The summed E-state index contributed by atoms with van der Waals surface area (Å²) < 4.78 is 11.4. The molecule has 1 fully saturated rings. The van der Waals surface area contributed by atoms with Gasteiger partial charge in [0.25, 0.3) is 0 Å². The topological polar surface area (TPSA) is 44.5 Å². The maximum atomic E-state index is 5.82. The van der Waals surface area contributed by atoms with Crippen LogP contribution in [0.3, 0.4) is 0 Å². The first kappa shape index (κ1) is 13.9. The van der Waals surface area contributed by atoms with Gasteiger partial charge in [-0.1, -0.05) is 24.0 Å². The van der Waals surface area contributed by atoms with Gasteiger partial charge in [-0.25, -0.2) is 0 Å². The molecule has 1 aliphatic heterocycles. The van der Waals surface area contributed by atoms with Crippen LogP contribution in [-0.2, 0) is 4.74 Å². The molecule has 0 aromatic heterocycles. The van der Waals surface area contributed by atoms with E-state index in [4.69, 9.17) is 15.2 Å². The molecule has 0 amide bonds. The van der Waals surface area contributed by atoms with E-state index in [1.807, 2.05) is 12.1 Å². The van der Waals surface area contributed by atoms with Gasteiger partial charge < -0.3 is 15.2 Å².